The summed E-state index contributed by atoms with van der Waals surface area (Å²) in [5.41, 5.74) is 3.88. The number of aryl methyl sites for hydroxylation is 1. The van der Waals surface area contributed by atoms with Gasteiger partial charge in [-0.1, -0.05) is 60.3 Å². The van der Waals surface area contributed by atoms with Gasteiger partial charge in [0.25, 0.3) is 5.91 Å². The maximum Gasteiger partial charge on any atom is 0.270 e. The van der Waals surface area contributed by atoms with Gasteiger partial charge in [-0.25, -0.2) is 4.98 Å². The van der Waals surface area contributed by atoms with Crippen LogP contribution in [-0.4, -0.2) is 69.9 Å². The SMILES string of the molecule is Cc1ccccc1-n1c(Cc2ccccc2)nnc1SCc1nc(C(=O)NCCN2CCOCC2)cs1. The average Bonchev–Trinajstić information content (AvgIpc) is 3.56. The van der Waals surface area contributed by atoms with Crippen molar-refractivity contribution in [3.05, 3.63) is 87.6 Å². The molecule has 0 bridgehead atoms. The Hall–Kier alpha value is -3.05. The molecular formula is C27H30N6O2S2. The van der Waals surface area contributed by atoms with Gasteiger partial charge in [0.2, 0.25) is 0 Å². The molecule has 1 aliphatic rings. The fourth-order valence-electron chi connectivity index (χ4n) is 4.19. The molecule has 1 aliphatic heterocycles. The Bertz CT molecular complexity index is 1320. The summed E-state index contributed by atoms with van der Waals surface area (Å²) >= 11 is 3.08. The van der Waals surface area contributed by atoms with E-state index in [1.807, 2.05) is 35.7 Å². The molecule has 0 spiro atoms. The molecule has 4 aromatic rings. The molecule has 3 heterocycles. The first-order valence-corrected chi connectivity index (χ1v) is 14.2. The summed E-state index contributed by atoms with van der Waals surface area (Å²) in [6.45, 7) is 6.86. The molecule has 2 aromatic heterocycles. The standard InChI is InChI=1S/C27H30N6O2S2/c1-20-7-5-6-10-23(20)33-24(17-21-8-3-2-4-9-21)30-31-27(33)37-19-25-29-22(18-36-25)26(34)28-11-12-32-13-15-35-16-14-32/h2-10,18H,11-17,19H2,1H3,(H,28,34). The van der Waals surface area contributed by atoms with Gasteiger partial charge in [0.1, 0.15) is 16.5 Å². The van der Waals surface area contributed by atoms with E-state index >= 15 is 0 Å². The van der Waals surface area contributed by atoms with E-state index in [0.29, 0.717) is 24.4 Å². The van der Waals surface area contributed by atoms with Gasteiger partial charge in [-0.15, -0.1) is 21.5 Å². The Balaban J connectivity index is 1.25. The van der Waals surface area contributed by atoms with Gasteiger partial charge >= 0.3 is 0 Å². The summed E-state index contributed by atoms with van der Waals surface area (Å²) in [5, 5.41) is 15.6. The number of rotatable bonds is 10. The lowest BCUT2D eigenvalue weighted by atomic mass is 10.1. The second-order valence-corrected chi connectivity index (χ2v) is 10.7. The van der Waals surface area contributed by atoms with Gasteiger partial charge in [-0.2, -0.15) is 0 Å². The molecule has 1 amide bonds. The summed E-state index contributed by atoms with van der Waals surface area (Å²) < 4.78 is 7.51. The van der Waals surface area contributed by atoms with Crippen LogP contribution in [0.2, 0.25) is 0 Å². The predicted octanol–water partition coefficient (Wildman–Crippen LogP) is 3.98. The van der Waals surface area contributed by atoms with Gasteiger partial charge in [0.15, 0.2) is 5.16 Å². The number of hydrogen-bond donors (Lipinski definition) is 1. The molecule has 1 N–H and O–H groups in total. The molecular weight excluding hydrogens is 504 g/mol. The molecule has 192 valence electrons. The molecule has 5 rings (SSSR count). The quantitative estimate of drug-likeness (QED) is 0.308. The van der Waals surface area contributed by atoms with Crippen LogP contribution in [0.25, 0.3) is 5.69 Å². The third kappa shape index (κ3) is 6.64. The van der Waals surface area contributed by atoms with Crippen LogP contribution in [0.15, 0.2) is 65.1 Å². The number of morpholine rings is 1. The molecule has 2 aromatic carbocycles. The predicted molar refractivity (Wildman–Crippen MR) is 147 cm³/mol. The first-order chi connectivity index (χ1) is 18.2. The average molecular weight is 535 g/mol. The molecule has 0 unspecified atom stereocenters. The van der Waals surface area contributed by atoms with Crippen molar-refractivity contribution >= 4 is 29.0 Å². The summed E-state index contributed by atoms with van der Waals surface area (Å²) in [4.78, 5) is 19.5. The van der Waals surface area contributed by atoms with E-state index in [2.05, 4.69) is 61.2 Å². The number of ether oxygens (including phenoxy) is 1. The van der Waals surface area contributed by atoms with Gasteiger partial charge < -0.3 is 10.1 Å². The second-order valence-electron chi connectivity index (χ2n) is 8.81. The molecule has 0 atom stereocenters. The summed E-state index contributed by atoms with van der Waals surface area (Å²) in [6.07, 6.45) is 0.689. The fourth-order valence-corrected chi connectivity index (χ4v) is 5.95. The number of aromatic nitrogens is 4. The van der Waals surface area contributed by atoms with Crippen molar-refractivity contribution in [2.24, 2.45) is 0 Å². The van der Waals surface area contributed by atoms with Crippen molar-refractivity contribution in [3.63, 3.8) is 0 Å². The number of carbonyl (C=O) groups is 1. The number of nitrogens with zero attached hydrogens (tertiary/aromatic N) is 5. The van der Waals surface area contributed by atoms with E-state index in [0.717, 1.165) is 60.1 Å². The van der Waals surface area contributed by atoms with Crippen molar-refractivity contribution in [1.29, 1.82) is 0 Å². The maximum atomic E-state index is 12.6. The molecule has 10 heteroatoms. The van der Waals surface area contributed by atoms with Crippen LogP contribution >= 0.6 is 23.1 Å². The second kappa shape index (κ2) is 12.5. The molecule has 1 saturated heterocycles. The minimum absolute atomic E-state index is 0.131. The van der Waals surface area contributed by atoms with Crippen LogP contribution in [0.1, 0.15) is 32.4 Å². The number of benzene rings is 2. The zero-order valence-electron chi connectivity index (χ0n) is 20.8. The highest BCUT2D eigenvalue weighted by Gasteiger charge is 2.18. The molecule has 0 saturated carbocycles. The van der Waals surface area contributed by atoms with Crippen LogP contribution in [0.3, 0.4) is 0 Å². The molecule has 0 radical (unpaired) electrons. The van der Waals surface area contributed by atoms with Gasteiger partial charge in [-0.3, -0.25) is 14.3 Å². The van der Waals surface area contributed by atoms with Gasteiger partial charge in [0, 0.05) is 38.0 Å². The van der Waals surface area contributed by atoms with E-state index in [4.69, 9.17) is 4.74 Å². The smallest absolute Gasteiger partial charge is 0.270 e. The lowest BCUT2D eigenvalue weighted by Crippen LogP contribution is -2.41. The van der Waals surface area contributed by atoms with Crippen molar-refractivity contribution in [2.45, 2.75) is 24.3 Å². The lowest BCUT2D eigenvalue weighted by molar-refractivity contribution is 0.0383. The van der Waals surface area contributed by atoms with E-state index in [-0.39, 0.29) is 5.91 Å². The van der Waals surface area contributed by atoms with Crippen molar-refractivity contribution < 1.29 is 9.53 Å². The zero-order chi connectivity index (χ0) is 25.5. The molecule has 0 aliphatic carbocycles. The van der Waals surface area contributed by atoms with Gasteiger partial charge in [0.05, 0.1) is 24.7 Å². The topological polar surface area (TPSA) is 85.2 Å². The van der Waals surface area contributed by atoms with E-state index in [1.54, 1.807) is 11.8 Å². The van der Waals surface area contributed by atoms with Crippen molar-refractivity contribution in [3.8, 4) is 5.69 Å². The highest BCUT2D eigenvalue weighted by Crippen LogP contribution is 2.28. The highest BCUT2D eigenvalue weighted by molar-refractivity contribution is 7.98. The highest BCUT2D eigenvalue weighted by atomic mass is 32.2. The largest absolute Gasteiger partial charge is 0.379 e. The fraction of sp³-hybridized carbons (Fsp3) is 0.333. The monoisotopic (exact) mass is 534 g/mol. The number of nitrogens with one attached hydrogen (secondary N) is 1. The third-order valence-electron chi connectivity index (χ3n) is 6.19. The van der Waals surface area contributed by atoms with Crippen molar-refractivity contribution in [1.82, 2.24) is 30.0 Å². The number of thioether (sulfide) groups is 1. The van der Waals surface area contributed by atoms with Crippen LogP contribution in [0.5, 0.6) is 0 Å². The van der Waals surface area contributed by atoms with E-state index in [9.17, 15) is 4.79 Å². The molecule has 8 nitrogen and oxygen atoms in total. The molecule has 1 fully saturated rings. The van der Waals surface area contributed by atoms with Crippen LogP contribution in [0, 0.1) is 6.92 Å². The summed E-state index contributed by atoms with van der Waals surface area (Å²) in [5.74, 6) is 1.37. The van der Waals surface area contributed by atoms with E-state index < -0.39 is 0 Å². The van der Waals surface area contributed by atoms with E-state index in [1.165, 1.54) is 16.9 Å². The van der Waals surface area contributed by atoms with Crippen LogP contribution in [0.4, 0.5) is 0 Å². The first-order valence-electron chi connectivity index (χ1n) is 12.4. The zero-order valence-corrected chi connectivity index (χ0v) is 22.4. The van der Waals surface area contributed by atoms with Crippen LogP contribution < -0.4 is 5.32 Å². The molecule has 37 heavy (non-hydrogen) atoms. The van der Waals surface area contributed by atoms with Crippen LogP contribution in [-0.2, 0) is 16.9 Å². The number of thiazole rings is 1. The Morgan fingerprint density at radius 1 is 1.08 bits per heavy atom. The third-order valence-corrected chi connectivity index (χ3v) is 8.16. The number of amides is 1. The number of hydrogen-bond acceptors (Lipinski definition) is 8. The van der Waals surface area contributed by atoms with Crippen molar-refractivity contribution in [2.75, 3.05) is 39.4 Å². The minimum Gasteiger partial charge on any atom is -0.379 e. The van der Waals surface area contributed by atoms with Gasteiger partial charge in [-0.05, 0) is 24.1 Å². The summed E-state index contributed by atoms with van der Waals surface area (Å²) in [6, 6.07) is 18.6. The lowest BCUT2D eigenvalue weighted by Gasteiger charge is -2.26. The Kier molecular flexibility index (Phi) is 8.62. The Morgan fingerprint density at radius 3 is 2.68 bits per heavy atom. The first kappa shape index (κ1) is 25.6. The maximum absolute atomic E-state index is 12.6. The number of para-hydroxylation sites is 1. The Labute approximate surface area is 225 Å². The summed E-state index contributed by atoms with van der Waals surface area (Å²) in [7, 11) is 0. The minimum atomic E-state index is -0.131. The number of carbonyl (C=O) groups excluding carboxylic acids is 1. The Morgan fingerprint density at radius 2 is 1.86 bits per heavy atom. The normalized spacial score (nSPS) is 14.1.